The fourth-order valence-corrected chi connectivity index (χ4v) is 6.41. The Bertz CT molecular complexity index is 670. The number of carbonyl (C=O) groups is 1. The van der Waals surface area contributed by atoms with Gasteiger partial charge in [0.15, 0.2) is 0 Å². The van der Waals surface area contributed by atoms with Crippen LogP contribution in [0.5, 0.6) is 0 Å². The molecule has 122 valence electrons. The van der Waals surface area contributed by atoms with E-state index in [1.54, 1.807) is 5.38 Å². The standard InChI is InChI=1S/C14H20N2O4S2/c1-9-15-11(7-21-9)8-22(19,20)16-12-5-3-2-4-10(12)6-13(16)14(17)18/h7,10,12-13H,2-6,8H2,1H3,(H,17,18). The largest absolute Gasteiger partial charge is 0.480 e. The molecule has 8 heteroatoms. The van der Waals surface area contributed by atoms with Crippen molar-refractivity contribution in [3.63, 3.8) is 0 Å². The summed E-state index contributed by atoms with van der Waals surface area (Å²) < 4.78 is 26.9. The summed E-state index contributed by atoms with van der Waals surface area (Å²) in [6, 6.07) is -1.07. The first-order chi connectivity index (χ1) is 10.4. The third-order valence-electron chi connectivity index (χ3n) is 4.63. The maximum atomic E-state index is 12.8. The number of sulfonamides is 1. The van der Waals surface area contributed by atoms with Gasteiger partial charge in [0.25, 0.3) is 0 Å². The van der Waals surface area contributed by atoms with E-state index in [1.165, 1.54) is 15.6 Å². The number of fused-ring (bicyclic) bond motifs is 1. The van der Waals surface area contributed by atoms with Crippen molar-refractivity contribution < 1.29 is 18.3 Å². The molecule has 2 fully saturated rings. The van der Waals surface area contributed by atoms with Crippen molar-refractivity contribution in [2.75, 3.05) is 0 Å². The average molecular weight is 344 g/mol. The number of nitrogens with zero attached hydrogens (tertiary/aromatic N) is 2. The Morgan fingerprint density at radius 3 is 2.82 bits per heavy atom. The van der Waals surface area contributed by atoms with Crippen LogP contribution in [-0.4, -0.2) is 40.9 Å². The Balaban J connectivity index is 1.89. The van der Waals surface area contributed by atoms with Gasteiger partial charge in [-0.15, -0.1) is 11.3 Å². The number of carboxylic acid groups (broad SMARTS) is 1. The summed E-state index contributed by atoms with van der Waals surface area (Å²) in [7, 11) is -3.67. The van der Waals surface area contributed by atoms with Crippen molar-refractivity contribution >= 4 is 27.3 Å². The van der Waals surface area contributed by atoms with Gasteiger partial charge in [0, 0.05) is 11.4 Å². The molecule has 6 nitrogen and oxygen atoms in total. The first-order valence-electron chi connectivity index (χ1n) is 7.53. The van der Waals surface area contributed by atoms with Crippen LogP contribution >= 0.6 is 11.3 Å². The predicted octanol–water partition coefficient (Wildman–Crippen LogP) is 2.00. The van der Waals surface area contributed by atoms with E-state index in [-0.39, 0.29) is 17.7 Å². The van der Waals surface area contributed by atoms with Crippen LogP contribution in [0.15, 0.2) is 5.38 Å². The quantitative estimate of drug-likeness (QED) is 0.902. The van der Waals surface area contributed by atoms with Crippen LogP contribution in [0.4, 0.5) is 0 Å². The Morgan fingerprint density at radius 2 is 2.18 bits per heavy atom. The molecule has 0 radical (unpaired) electrons. The molecule has 22 heavy (non-hydrogen) atoms. The third kappa shape index (κ3) is 2.91. The van der Waals surface area contributed by atoms with Crippen molar-refractivity contribution in [1.82, 2.24) is 9.29 Å². The van der Waals surface area contributed by atoms with Gasteiger partial charge < -0.3 is 5.11 Å². The minimum atomic E-state index is -3.67. The summed E-state index contributed by atoms with van der Waals surface area (Å²) >= 11 is 1.41. The molecule has 1 saturated heterocycles. The summed E-state index contributed by atoms with van der Waals surface area (Å²) in [4.78, 5) is 15.7. The van der Waals surface area contributed by atoms with Crippen molar-refractivity contribution in [1.29, 1.82) is 0 Å². The van der Waals surface area contributed by atoms with E-state index in [0.717, 1.165) is 30.7 Å². The maximum absolute atomic E-state index is 12.8. The molecular weight excluding hydrogens is 324 g/mol. The first kappa shape index (κ1) is 15.9. The number of thiazole rings is 1. The van der Waals surface area contributed by atoms with Crippen molar-refractivity contribution in [3.8, 4) is 0 Å². The van der Waals surface area contributed by atoms with Gasteiger partial charge >= 0.3 is 5.97 Å². The number of hydrogen-bond donors (Lipinski definition) is 1. The Kier molecular flexibility index (Phi) is 4.26. The molecule has 1 aliphatic carbocycles. The van der Waals surface area contributed by atoms with E-state index < -0.39 is 22.0 Å². The summed E-state index contributed by atoms with van der Waals surface area (Å²) in [5.41, 5.74) is 0.505. The predicted molar refractivity (Wildman–Crippen MR) is 83.1 cm³/mol. The molecule has 1 aromatic heterocycles. The molecule has 3 rings (SSSR count). The number of carboxylic acids is 1. The zero-order chi connectivity index (χ0) is 15.9. The lowest BCUT2D eigenvalue weighted by atomic mass is 9.85. The lowest BCUT2D eigenvalue weighted by Gasteiger charge is -2.31. The highest BCUT2D eigenvalue weighted by Crippen LogP contribution is 2.41. The van der Waals surface area contributed by atoms with Gasteiger partial charge in [0.05, 0.1) is 10.7 Å². The molecule has 2 aliphatic rings. The van der Waals surface area contributed by atoms with Crippen LogP contribution in [0.1, 0.15) is 42.8 Å². The van der Waals surface area contributed by atoms with Crippen molar-refractivity contribution in [2.24, 2.45) is 5.92 Å². The van der Waals surface area contributed by atoms with Gasteiger partial charge in [-0.1, -0.05) is 12.8 Å². The number of aliphatic carboxylic acids is 1. The number of rotatable bonds is 4. The highest BCUT2D eigenvalue weighted by atomic mass is 32.2. The zero-order valence-corrected chi connectivity index (χ0v) is 14.1. The Labute approximate surface area is 134 Å². The second-order valence-electron chi connectivity index (χ2n) is 6.15. The van der Waals surface area contributed by atoms with Crippen LogP contribution in [0.25, 0.3) is 0 Å². The highest BCUT2D eigenvalue weighted by molar-refractivity contribution is 7.88. The topological polar surface area (TPSA) is 87.6 Å². The molecule has 1 N–H and O–H groups in total. The molecule has 0 amide bonds. The molecule has 0 spiro atoms. The first-order valence-corrected chi connectivity index (χ1v) is 10.0. The van der Waals surface area contributed by atoms with E-state index in [4.69, 9.17) is 0 Å². The van der Waals surface area contributed by atoms with Gasteiger partial charge in [-0.25, -0.2) is 13.4 Å². The van der Waals surface area contributed by atoms with Crippen LogP contribution in [0.3, 0.4) is 0 Å². The fourth-order valence-electron chi connectivity index (χ4n) is 3.77. The number of aromatic nitrogens is 1. The third-order valence-corrected chi connectivity index (χ3v) is 7.28. The Hall–Kier alpha value is -0.990. The number of aryl methyl sites for hydroxylation is 1. The average Bonchev–Trinajstić information content (AvgIpc) is 3.02. The van der Waals surface area contributed by atoms with Gasteiger partial charge in [-0.3, -0.25) is 4.79 Å². The van der Waals surface area contributed by atoms with E-state index in [0.29, 0.717) is 12.1 Å². The minimum absolute atomic E-state index is 0.153. The van der Waals surface area contributed by atoms with E-state index in [9.17, 15) is 18.3 Å². The van der Waals surface area contributed by atoms with Crippen molar-refractivity contribution in [2.45, 2.75) is 56.9 Å². The minimum Gasteiger partial charge on any atom is -0.480 e. The molecule has 1 saturated carbocycles. The fraction of sp³-hybridized carbons (Fsp3) is 0.714. The lowest BCUT2D eigenvalue weighted by Crippen LogP contribution is -2.46. The van der Waals surface area contributed by atoms with Crippen molar-refractivity contribution in [3.05, 3.63) is 16.1 Å². The number of hydrogen-bond acceptors (Lipinski definition) is 5. The van der Waals surface area contributed by atoms with Crippen LogP contribution < -0.4 is 0 Å². The van der Waals surface area contributed by atoms with Gasteiger partial charge in [0.2, 0.25) is 10.0 Å². The van der Waals surface area contributed by atoms with Crippen LogP contribution in [-0.2, 0) is 20.6 Å². The van der Waals surface area contributed by atoms with Crippen LogP contribution in [0.2, 0.25) is 0 Å². The summed E-state index contributed by atoms with van der Waals surface area (Å²) in [6.07, 6.45) is 4.16. The summed E-state index contributed by atoms with van der Waals surface area (Å²) in [5.74, 6) is -1.06. The molecule has 1 aliphatic heterocycles. The monoisotopic (exact) mass is 344 g/mol. The highest BCUT2D eigenvalue weighted by Gasteiger charge is 2.50. The molecule has 1 aromatic rings. The van der Waals surface area contributed by atoms with Gasteiger partial charge in [-0.05, 0) is 32.1 Å². The van der Waals surface area contributed by atoms with Gasteiger partial charge in [-0.2, -0.15) is 4.31 Å². The Morgan fingerprint density at radius 1 is 1.45 bits per heavy atom. The molecule has 3 unspecified atom stereocenters. The van der Waals surface area contributed by atoms with E-state index >= 15 is 0 Å². The van der Waals surface area contributed by atoms with E-state index in [1.807, 2.05) is 6.92 Å². The molecule has 2 heterocycles. The molecule has 3 atom stereocenters. The van der Waals surface area contributed by atoms with Gasteiger partial charge in [0.1, 0.15) is 11.8 Å². The normalized spacial score (nSPS) is 29.4. The second kappa shape index (κ2) is 5.90. The molecule has 0 aromatic carbocycles. The smallest absolute Gasteiger partial charge is 0.322 e. The second-order valence-corrected chi connectivity index (χ2v) is 9.08. The maximum Gasteiger partial charge on any atom is 0.322 e. The SMILES string of the molecule is Cc1nc(CS(=O)(=O)N2C(C(=O)O)CC3CCCCC32)cs1. The zero-order valence-electron chi connectivity index (χ0n) is 12.4. The van der Waals surface area contributed by atoms with Crippen LogP contribution in [0, 0.1) is 12.8 Å². The summed E-state index contributed by atoms with van der Waals surface area (Å²) in [5, 5.41) is 12.0. The summed E-state index contributed by atoms with van der Waals surface area (Å²) in [6.45, 7) is 1.83. The lowest BCUT2D eigenvalue weighted by molar-refractivity contribution is -0.141. The van der Waals surface area contributed by atoms with E-state index in [2.05, 4.69) is 4.98 Å². The molecular formula is C14H20N2O4S2. The molecule has 0 bridgehead atoms.